The predicted octanol–water partition coefficient (Wildman–Crippen LogP) is 4.35. The van der Waals surface area contributed by atoms with E-state index in [0.717, 1.165) is 60.0 Å². The number of carbonyl (C=O) groups excluding carboxylic acids is 2. The number of nitrogens with zero attached hydrogens (tertiary/aromatic N) is 4. The third kappa shape index (κ3) is 5.31. The van der Waals surface area contributed by atoms with Crippen LogP contribution in [0.2, 0.25) is 0 Å². The molecule has 0 bridgehead atoms. The van der Waals surface area contributed by atoms with E-state index in [1.54, 1.807) is 23.9 Å². The molecule has 10 heteroatoms. The second-order valence-corrected chi connectivity index (χ2v) is 11.4. The number of aromatic nitrogens is 1. The molecule has 1 spiro atoms. The monoisotopic (exact) mass is 547 g/mol. The highest BCUT2D eigenvalue weighted by Gasteiger charge is 2.42. The molecule has 3 aliphatic rings. The largest absolute Gasteiger partial charge is 0.487 e. The number of fused-ring (bicyclic) bond motifs is 1. The fraction of sp³-hybridized carbons (Fsp3) is 0.414. The Labute approximate surface area is 232 Å². The predicted molar refractivity (Wildman–Crippen MR) is 152 cm³/mol. The third-order valence-electron chi connectivity index (χ3n) is 7.73. The molecule has 6 rings (SSSR count). The van der Waals surface area contributed by atoms with Gasteiger partial charge in [-0.15, -0.1) is 11.3 Å². The average Bonchev–Trinajstić information content (AvgIpc) is 3.58. The Hall–Kier alpha value is -3.63. The highest BCUT2D eigenvalue weighted by molar-refractivity contribution is 7.13. The van der Waals surface area contributed by atoms with Crippen LogP contribution in [-0.2, 0) is 11.2 Å². The van der Waals surface area contributed by atoms with Crippen LogP contribution in [0.15, 0.2) is 47.8 Å². The van der Waals surface area contributed by atoms with Gasteiger partial charge < -0.3 is 29.5 Å². The minimum Gasteiger partial charge on any atom is -0.487 e. The zero-order valence-corrected chi connectivity index (χ0v) is 23.1. The van der Waals surface area contributed by atoms with Gasteiger partial charge >= 0.3 is 6.03 Å². The number of urea groups is 1. The van der Waals surface area contributed by atoms with E-state index >= 15 is 0 Å². The van der Waals surface area contributed by atoms with E-state index in [4.69, 9.17) is 9.47 Å². The maximum atomic E-state index is 12.5. The van der Waals surface area contributed by atoms with Crippen LogP contribution in [0, 0.1) is 0 Å². The smallest absolute Gasteiger partial charge is 0.321 e. The van der Waals surface area contributed by atoms with Gasteiger partial charge in [-0.25, -0.2) is 9.78 Å². The van der Waals surface area contributed by atoms with E-state index in [9.17, 15) is 9.59 Å². The summed E-state index contributed by atoms with van der Waals surface area (Å²) in [7, 11) is 3.49. The van der Waals surface area contributed by atoms with Crippen molar-refractivity contribution in [2.45, 2.75) is 24.9 Å². The van der Waals surface area contributed by atoms with Crippen molar-refractivity contribution < 1.29 is 19.1 Å². The second-order valence-electron chi connectivity index (χ2n) is 10.6. The molecule has 9 nitrogen and oxygen atoms in total. The number of piperidine rings is 1. The first-order valence-electron chi connectivity index (χ1n) is 13.4. The number of ether oxygens (including phenoxy) is 2. The van der Waals surface area contributed by atoms with Crippen LogP contribution in [0.4, 0.5) is 15.6 Å². The highest BCUT2D eigenvalue weighted by atomic mass is 32.1. The molecule has 2 aromatic carbocycles. The molecule has 0 saturated carbocycles. The lowest BCUT2D eigenvalue weighted by Gasteiger charge is -2.38. The van der Waals surface area contributed by atoms with Gasteiger partial charge in [0, 0.05) is 70.6 Å². The number of benzene rings is 2. The number of amides is 3. The summed E-state index contributed by atoms with van der Waals surface area (Å²) in [5.41, 5.74) is 4.57. The second kappa shape index (κ2) is 10.5. The van der Waals surface area contributed by atoms with Gasteiger partial charge in [0.15, 0.2) is 5.13 Å². The molecular weight excluding hydrogens is 514 g/mol. The zero-order chi connectivity index (χ0) is 27.0. The summed E-state index contributed by atoms with van der Waals surface area (Å²) < 4.78 is 11.9. The number of rotatable bonds is 4. The van der Waals surface area contributed by atoms with Crippen molar-refractivity contribution in [1.82, 2.24) is 14.8 Å². The van der Waals surface area contributed by atoms with Gasteiger partial charge in [0.2, 0.25) is 0 Å². The van der Waals surface area contributed by atoms with Crippen LogP contribution in [0.5, 0.6) is 5.75 Å². The number of anilines is 2. The summed E-state index contributed by atoms with van der Waals surface area (Å²) in [6, 6.07) is 14.3. The van der Waals surface area contributed by atoms with Crippen LogP contribution < -0.4 is 15.0 Å². The fourth-order valence-electron chi connectivity index (χ4n) is 5.45. The summed E-state index contributed by atoms with van der Waals surface area (Å²) in [5.74, 6) is 0.901. The van der Waals surface area contributed by atoms with Crippen molar-refractivity contribution in [1.29, 1.82) is 0 Å². The van der Waals surface area contributed by atoms with E-state index in [1.807, 2.05) is 29.6 Å². The van der Waals surface area contributed by atoms with Crippen LogP contribution in [0.1, 0.15) is 28.9 Å². The van der Waals surface area contributed by atoms with Gasteiger partial charge in [0.05, 0.1) is 13.2 Å². The Kier molecular flexibility index (Phi) is 6.90. The molecule has 2 saturated heterocycles. The normalized spacial score (nSPS) is 18.0. The van der Waals surface area contributed by atoms with E-state index in [2.05, 4.69) is 33.4 Å². The standard InChI is InChI=1S/C29H33N5O4S/c1-32(2)26(35)24-19-39-28(31-24)34-11-9-29(10-12-34)18-22-17-21(5-8-25(22)38-29)20-3-6-23(7-4-20)30-27(36)33-13-15-37-16-14-33/h3-8,17,19H,9-16,18H2,1-2H3,(H,30,36). The van der Waals surface area contributed by atoms with Crippen LogP contribution in [0.25, 0.3) is 11.1 Å². The summed E-state index contributed by atoms with van der Waals surface area (Å²) >= 11 is 1.53. The van der Waals surface area contributed by atoms with Crippen molar-refractivity contribution >= 4 is 34.1 Å². The Morgan fingerprint density at radius 2 is 1.72 bits per heavy atom. The van der Waals surface area contributed by atoms with Crippen LogP contribution in [-0.4, -0.2) is 85.8 Å². The van der Waals surface area contributed by atoms with Gasteiger partial charge in [0.25, 0.3) is 5.91 Å². The lowest BCUT2D eigenvalue weighted by atomic mass is 9.87. The number of morpholine rings is 1. The van der Waals surface area contributed by atoms with E-state index in [1.165, 1.54) is 16.9 Å². The van der Waals surface area contributed by atoms with E-state index in [-0.39, 0.29) is 17.5 Å². The maximum Gasteiger partial charge on any atom is 0.321 e. The molecule has 2 fully saturated rings. The van der Waals surface area contributed by atoms with Crippen LogP contribution in [0.3, 0.4) is 0 Å². The van der Waals surface area contributed by atoms with Crippen molar-refractivity contribution in [3.05, 3.63) is 59.1 Å². The molecule has 3 amide bonds. The lowest BCUT2D eigenvalue weighted by Crippen LogP contribution is -2.47. The number of carbonyl (C=O) groups is 2. The Morgan fingerprint density at radius 3 is 2.44 bits per heavy atom. The van der Waals surface area contributed by atoms with Crippen molar-refractivity contribution in [3.63, 3.8) is 0 Å². The first-order chi connectivity index (χ1) is 18.9. The average molecular weight is 548 g/mol. The Bertz CT molecular complexity index is 1360. The van der Waals surface area contributed by atoms with E-state index in [0.29, 0.717) is 32.0 Å². The van der Waals surface area contributed by atoms with Crippen molar-refractivity contribution in [2.24, 2.45) is 0 Å². The molecule has 0 unspecified atom stereocenters. The molecule has 0 radical (unpaired) electrons. The lowest BCUT2D eigenvalue weighted by molar-refractivity contribution is 0.0564. The molecular formula is C29H33N5O4S. The first-order valence-corrected chi connectivity index (χ1v) is 14.3. The number of nitrogens with one attached hydrogen (secondary N) is 1. The van der Waals surface area contributed by atoms with Crippen molar-refractivity contribution in [2.75, 3.05) is 63.7 Å². The number of hydrogen-bond acceptors (Lipinski definition) is 7. The Morgan fingerprint density at radius 1 is 1.00 bits per heavy atom. The van der Waals surface area contributed by atoms with E-state index < -0.39 is 0 Å². The third-order valence-corrected chi connectivity index (χ3v) is 8.63. The minimum absolute atomic E-state index is 0.0660. The summed E-state index contributed by atoms with van der Waals surface area (Å²) in [5, 5.41) is 5.73. The summed E-state index contributed by atoms with van der Waals surface area (Å²) in [6.07, 6.45) is 2.70. The molecule has 3 aromatic rings. The van der Waals surface area contributed by atoms with Gasteiger partial charge in [-0.2, -0.15) is 0 Å². The molecule has 39 heavy (non-hydrogen) atoms. The summed E-state index contributed by atoms with van der Waals surface area (Å²) in [4.78, 5) is 34.9. The topological polar surface area (TPSA) is 87.2 Å². The summed E-state index contributed by atoms with van der Waals surface area (Å²) in [6.45, 7) is 4.09. The van der Waals surface area contributed by atoms with Gasteiger partial charge in [0.1, 0.15) is 17.0 Å². The molecule has 204 valence electrons. The van der Waals surface area contributed by atoms with Gasteiger partial charge in [-0.3, -0.25) is 4.79 Å². The fourth-order valence-corrected chi connectivity index (χ4v) is 6.30. The minimum atomic E-state index is -0.190. The quantitative estimate of drug-likeness (QED) is 0.523. The SMILES string of the molecule is CN(C)C(=O)c1csc(N2CCC3(CC2)Cc2cc(-c4ccc(NC(=O)N5CCOCC5)cc4)ccc2O3)n1. The number of hydrogen-bond donors (Lipinski definition) is 1. The maximum absolute atomic E-state index is 12.5. The first kappa shape index (κ1) is 25.6. The zero-order valence-electron chi connectivity index (χ0n) is 22.3. The van der Waals surface area contributed by atoms with Gasteiger partial charge in [-0.1, -0.05) is 18.2 Å². The van der Waals surface area contributed by atoms with Crippen LogP contribution >= 0.6 is 11.3 Å². The molecule has 1 N–H and O–H groups in total. The molecule has 4 heterocycles. The molecule has 1 aromatic heterocycles. The Balaban J connectivity index is 1.08. The van der Waals surface area contributed by atoms with Crippen molar-refractivity contribution in [3.8, 4) is 16.9 Å². The molecule has 0 atom stereocenters. The molecule has 0 aliphatic carbocycles. The highest BCUT2D eigenvalue weighted by Crippen LogP contribution is 2.43. The molecule has 3 aliphatic heterocycles. The van der Waals surface area contributed by atoms with Gasteiger partial charge in [-0.05, 0) is 41.0 Å². The number of thiazole rings is 1.